The lowest BCUT2D eigenvalue weighted by atomic mass is 10.3. The van der Waals surface area contributed by atoms with Crippen LogP contribution < -0.4 is 15.8 Å². The minimum absolute atomic E-state index is 0.160. The molecular formula is C10H11BrN2O3. The summed E-state index contributed by atoms with van der Waals surface area (Å²) in [7, 11) is 0. The molecule has 6 heteroatoms. The Kier molecular flexibility index (Phi) is 4.78. The Labute approximate surface area is 101 Å². The summed E-state index contributed by atoms with van der Waals surface area (Å²) in [6, 6.07) is 6.72. The lowest BCUT2D eigenvalue weighted by Crippen LogP contribution is -2.20. The highest BCUT2D eigenvalue weighted by Crippen LogP contribution is 2.17. The van der Waals surface area contributed by atoms with Crippen molar-refractivity contribution in [1.82, 2.24) is 0 Å². The highest BCUT2D eigenvalue weighted by Gasteiger charge is 2.02. The number of hydrogen-bond acceptors (Lipinski definition) is 3. The second-order valence-corrected chi connectivity index (χ2v) is 3.53. The second kappa shape index (κ2) is 6.12. The third-order valence-electron chi connectivity index (χ3n) is 1.62. The number of ether oxygens (including phenoxy) is 1. The molecular weight excluding hydrogens is 276 g/mol. The molecule has 0 aliphatic heterocycles. The predicted octanol–water partition coefficient (Wildman–Crippen LogP) is 0.884. The lowest BCUT2D eigenvalue weighted by molar-refractivity contribution is -0.120. The predicted molar refractivity (Wildman–Crippen MR) is 63.6 cm³/mol. The molecule has 0 aliphatic rings. The summed E-state index contributed by atoms with van der Waals surface area (Å²) in [6.45, 7) is -0.185. The van der Waals surface area contributed by atoms with Gasteiger partial charge in [0.1, 0.15) is 5.75 Å². The van der Waals surface area contributed by atoms with Gasteiger partial charge in [0.25, 0.3) is 5.91 Å². The average Bonchev–Trinajstić information content (AvgIpc) is 2.26. The highest BCUT2D eigenvalue weighted by molar-refractivity contribution is 9.09. The van der Waals surface area contributed by atoms with Gasteiger partial charge in [0.15, 0.2) is 6.61 Å². The Morgan fingerprint density at radius 1 is 1.44 bits per heavy atom. The molecule has 86 valence electrons. The van der Waals surface area contributed by atoms with E-state index >= 15 is 0 Å². The number of nitrogens with one attached hydrogen (secondary N) is 1. The Balaban J connectivity index is 2.63. The van der Waals surface area contributed by atoms with E-state index in [1.54, 1.807) is 24.3 Å². The van der Waals surface area contributed by atoms with E-state index in [-0.39, 0.29) is 17.8 Å². The molecule has 0 radical (unpaired) electrons. The molecule has 0 heterocycles. The maximum Gasteiger partial charge on any atom is 0.255 e. The number of halogens is 1. The van der Waals surface area contributed by atoms with Crippen LogP contribution in [-0.2, 0) is 9.59 Å². The maximum atomic E-state index is 11.1. The van der Waals surface area contributed by atoms with E-state index in [1.165, 1.54) is 0 Å². The molecule has 16 heavy (non-hydrogen) atoms. The summed E-state index contributed by atoms with van der Waals surface area (Å²) in [6.07, 6.45) is 0. The van der Waals surface area contributed by atoms with Crippen molar-refractivity contribution in [1.29, 1.82) is 0 Å². The van der Waals surface area contributed by atoms with Crippen molar-refractivity contribution in [3.8, 4) is 5.75 Å². The van der Waals surface area contributed by atoms with Crippen LogP contribution in [-0.4, -0.2) is 23.8 Å². The van der Waals surface area contributed by atoms with Gasteiger partial charge in [0.05, 0.1) is 5.33 Å². The van der Waals surface area contributed by atoms with Crippen molar-refractivity contribution in [2.24, 2.45) is 5.73 Å². The fraction of sp³-hybridized carbons (Fsp3) is 0.200. The normalized spacial score (nSPS) is 9.56. The van der Waals surface area contributed by atoms with E-state index in [9.17, 15) is 9.59 Å². The van der Waals surface area contributed by atoms with Crippen molar-refractivity contribution in [2.45, 2.75) is 0 Å². The number of hydrogen-bond donors (Lipinski definition) is 2. The summed E-state index contributed by atoms with van der Waals surface area (Å²) in [5.41, 5.74) is 5.54. The number of amides is 2. The molecule has 1 rings (SSSR count). The van der Waals surface area contributed by atoms with E-state index in [0.717, 1.165) is 0 Å². The number of anilines is 1. The number of rotatable bonds is 5. The van der Waals surface area contributed by atoms with Crippen LogP contribution >= 0.6 is 15.9 Å². The zero-order valence-electron chi connectivity index (χ0n) is 8.40. The SMILES string of the molecule is NC(=O)COc1cccc(NC(=O)CBr)c1. The van der Waals surface area contributed by atoms with Gasteiger partial charge in [-0.3, -0.25) is 9.59 Å². The molecule has 0 aromatic heterocycles. The molecule has 0 unspecified atom stereocenters. The van der Waals surface area contributed by atoms with E-state index in [0.29, 0.717) is 11.4 Å². The van der Waals surface area contributed by atoms with Crippen LogP contribution in [0.3, 0.4) is 0 Å². The quantitative estimate of drug-likeness (QED) is 0.789. The Bertz CT molecular complexity index is 395. The van der Waals surface area contributed by atoms with Gasteiger partial charge in [-0.25, -0.2) is 0 Å². The van der Waals surface area contributed by atoms with Crippen LogP contribution in [0.15, 0.2) is 24.3 Å². The molecule has 5 nitrogen and oxygen atoms in total. The molecule has 3 N–H and O–H groups in total. The monoisotopic (exact) mass is 286 g/mol. The van der Waals surface area contributed by atoms with Crippen LogP contribution in [0.4, 0.5) is 5.69 Å². The van der Waals surface area contributed by atoms with E-state index in [2.05, 4.69) is 21.2 Å². The minimum Gasteiger partial charge on any atom is -0.484 e. The van der Waals surface area contributed by atoms with Crippen molar-refractivity contribution in [3.63, 3.8) is 0 Å². The molecule has 2 amide bonds. The first-order valence-corrected chi connectivity index (χ1v) is 5.61. The Morgan fingerprint density at radius 2 is 2.19 bits per heavy atom. The molecule has 0 saturated carbocycles. The Hall–Kier alpha value is -1.56. The van der Waals surface area contributed by atoms with Crippen molar-refractivity contribution in [2.75, 3.05) is 17.3 Å². The maximum absolute atomic E-state index is 11.1. The van der Waals surface area contributed by atoms with E-state index in [4.69, 9.17) is 10.5 Å². The zero-order chi connectivity index (χ0) is 12.0. The van der Waals surface area contributed by atoms with Gasteiger partial charge in [-0.2, -0.15) is 0 Å². The fourth-order valence-corrected chi connectivity index (χ4v) is 1.15. The number of primary amides is 1. The molecule has 0 saturated heterocycles. The third-order valence-corrected chi connectivity index (χ3v) is 2.13. The molecule has 1 aromatic rings. The van der Waals surface area contributed by atoms with Crippen LogP contribution in [0.25, 0.3) is 0 Å². The van der Waals surface area contributed by atoms with Gasteiger partial charge in [-0.1, -0.05) is 22.0 Å². The second-order valence-electron chi connectivity index (χ2n) is 2.96. The highest BCUT2D eigenvalue weighted by atomic mass is 79.9. The summed E-state index contributed by atoms with van der Waals surface area (Å²) in [4.78, 5) is 21.6. The third kappa shape index (κ3) is 4.31. The lowest BCUT2D eigenvalue weighted by Gasteiger charge is -2.06. The summed E-state index contributed by atoms with van der Waals surface area (Å²) in [5.74, 6) is -0.229. The van der Waals surface area contributed by atoms with Crippen LogP contribution in [0.5, 0.6) is 5.75 Å². The standard InChI is InChI=1S/C10H11BrN2O3/c11-5-10(15)13-7-2-1-3-8(4-7)16-6-9(12)14/h1-4H,5-6H2,(H2,12,14)(H,13,15). The summed E-state index contributed by atoms with van der Waals surface area (Å²) >= 11 is 3.04. The summed E-state index contributed by atoms with van der Waals surface area (Å²) < 4.78 is 5.09. The van der Waals surface area contributed by atoms with Crippen LogP contribution in [0.1, 0.15) is 0 Å². The van der Waals surface area contributed by atoms with Crippen LogP contribution in [0, 0.1) is 0 Å². The molecule has 0 bridgehead atoms. The number of alkyl halides is 1. The fourth-order valence-electron chi connectivity index (χ4n) is 1.01. The number of nitrogens with two attached hydrogens (primary N) is 1. The van der Waals surface area contributed by atoms with Gasteiger partial charge in [-0.15, -0.1) is 0 Å². The largest absolute Gasteiger partial charge is 0.484 e. The zero-order valence-corrected chi connectivity index (χ0v) is 9.99. The molecule has 0 atom stereocenters. The van der Waals surface area contributed by atoms with Gasteiger partial charge >= 0.3 is 0 Å². The Morgan fingerprint density at radius 3 is 2.81 bits per heavy atom. The smallest absolute Gasteiger partial charge is 0.255 e. The van der Waals surface area contributed by atoms with Crippen molar-refractivity contribution >= 4 is 33.4 Å². The number of benzene rings is 1. The number of carbonyl (C=O) groups excluding carboxylic acids is 2. The first-order chi connectivity index (χ1) is 7.61. The minimum atomic E-state index is -0.546. The molecule has 0 spiro atoms. The summed E-state index contributed by atoms with van der Waals surface area (Å²) in [5, 5.41) is 2.86. The first kappa shape index (κ1) is 12.5. The van der Waals surface area contributed by atoms with Gasteiger partial charge in [0.2, 0.25) is 5.91 Å². The van der Waals surface area contributed by atoms with Crippen molar-refractivity contribution < 1.29 is 14.3 Å². The van der Waals surface area contributed by atoms with Crippen molar-refractivity contribution in [3.05, 3.63) is 24.3 Å². The average molecular weight is 287 g/mol. The molecule has 1 aromatic carbocycles. The van der Waals surface area contributed by atoms with E-state index in [1.807, 2.05) is 0 Å². The van der Waals surface area contributed by atoms with Gasteiger partial charge < -0.3 is 15.8 Å². The van der Waals surface area contributed by atoms with Gasteiger partial charge in [-0.05, 0) is 12.1 Å². The topological polar surface area (TPSA) is 81.4 Å². The first-order valence-electron chi connectivity index (χ1n) is 4.49. The van der Waals surface area contributed by atoms with Gasteiger partial charge in [0, 0.05) is 11.8 Å². The van der Waals surface area contributed by atoms with E-state index < -0.39 is 5.91 Å². The van der Waals surface area contributed by atoms with Crippen LogP contribution in [0.2, 0.25) is 0 Å². The molecule has 0 aliphatic carbocycles. The number of carbonyl (C=O) groups is 2. The molecule has 0 fully saturated rings.